The van der Waals surface area contributed by atoms with Crippen molar-refractivity contribution in [3.63, 3.8) is 0 Å². The second kappa shape index (κ2) is 5.09. The second-order valence-corrected chi connectivity index (χ2v) is 4.41. The molecule has 0 spiro atoms. The minimum absolute atomic E-state index is 0.114. The molecule has 1 aromatic heterocycles. The third kappa shape index (κ3) is 2.52. The molecule has 0 N–H and O–H groups in total. The van der Waals surface area contributed by atoms with Gasteiger partial charge in [-0.15, -0.1) is 0 Å². The molecule has 1 unspecified atom stereocenters. The number of para-hydroxylation sites is 1. The smallest absolute Gasteiger partial charge is 0.133 e. The highest BCUT2D eigenvalue weighted by molar-refractivity contribution is 5.83. The molecule has 2 aromatic rings. The fourth-order valence-electron chi connectivity index (χ4n) is 2.17. The van der Waals surface area contributed by atoms with Gasteiger partial charge in [-0.3, -0.25) is 9.78 Å². The van der Waals surface area contributed by atoms with Gasteiger partial charge in [-0.2, -0.15) is 0 Å². The lowest BCUT2D eigenvalue weighted by Crippen LogP contribution is -2.13. The van der Waals surface area contributed by atoms with E-state index in [0.29, 0.717) is 0 Å². The van der Waals surface area contributed by atoms with Crippen molar-refractivity contribution in [2.45, 2.75) is 26.7 Å². The van der Waals surface area contributed by atoms with Gasteiger partial charge in [0.05, 0.1) is 5.52 Å². The zero-order valence-electron chi connectivity index (χ0n) is 10.3. The number of hydrogen-bond donors (Lipinski definition) is 0. The Morgan fingerprint density at radius 3 is 2.76 bits per heavy atom. The predicted octanol–water partition coefficient (Wildman–Crippen LogP) is 3.39. The average molecular weight is 227 g/mol. The normalized spacial score (nSPS) is 12.6. The SMILES string of the molecule is CCC(Cc1cccc2cccnc12)C(C)=O. The molecule has 0 radical (unpaired) electrons. The Kier molecular flexibility index (Phi) is 3.52. The van der Waals surface area contributed by atoms with Crippen molar-refractivity contribution in [3.8, 4) is 0 Å². The summed E-state index contributed by atoms with van der Waals surface area (Å²) in [6.07, 6.45) is 3.49. The Balaban J connectivity index is 2.38. The second-order valence-electron chi connectivity index (χ2n) is 4.41. The third-order valence-electron chi connectivity index (χ3n) is 3.25. The van der Waals surface area contributed by atoms with Gasteiger partial charge in [0.1, 0.15) is 5.78 Å². The van der Waals surface area contributed by atoms with Crippen LogP contribution in [0.15, 0.2) is 36.5 Å². The van der Waals surface area contributed by atoms with Crippen LogP contribution in [0.5, 0.6) is 0 Å². The lowest BCUT2D eigenvalue weighted by Gasteiger charge is -2.12. The Labute approximate surface area is 102 Å². The van der Waals surface area contributed by atoms with Gasteiger partial charge in [-0.1, -0.05) is 31.2 Å². The van der Waals surface area contributed by atoms with Gasteiger partial charge in [-0.25, -0.2) is 0 Å². The van der Waals surface area contributed by atoms with E-state index in [2.05, 4.69) is 30.1 Å². The summed E-state index contributed by atoms with van der Waals surface area (Å²) in [6, 6.07) is 10.2. The minimum atomic E-state index is 0.114. The van der Waals surface area contributed by atoms with E-state index in [0.717, 1.165) is 23.7 Å². The average Bonchev–Trinajstić information content (AvgIpc) is 2.35. The van der Waals surface area contributed by atoms with Gasteiger partial charge >= 0.3 is 0 Å². The van der Waals surface area contributed by atoms with Crippen LogP contribution in [0.25, 0.3) is 10.9 Å². The zero-order valence-corrected chi connectivity index (χ0v) is 10.3. The molecule has 1 heterocycles. The van der Waals surface area contributed by atoms with Crippen molar-refractivity contribution in [1.82, 2.24) is 4.98 Å². The Morgan fingerprint density at radius 2 is 2.06 bits per heavy atom. The van der Waals surface area contributed by atoms with E-state index in [1.54, 1.807) is 13.1 Å². The number of nitrogens with zero attached hydrogens (tertiary/aromatic N) is 1. The summed E-state index contributed by atoms with van der Waals surface area (Å²) >= 11 is 0. The van der Waals surface area contributed by atoms with Gasteiger partial charge in [0.25, 0.3) is 0 Å². The van der Waals surface area contributed by atoms with Gasteiger partial charge < -0.3 is 0 Å². The van der Waals surface area contributed by atoms with Gasteiger partial charge in [0, 0.05) is 17.5 Å². The lowest BCUT2D eigenvalue weighted by atomic mass is 9.92. The van der Waals surface area contributed by atoms with E-state index >= 15 is 0 Å². The largest absolute Gasteiger partial charge is 0.300 e. The summed E-state index contributed by atoms with van der Waals surface area (Å²) in [5.74, 6) is 0.378. The Morgan fingerprint density at radius 1 is 1.29 bits per heavy atom. The molecule has 88 valence electrons. The highest BCUT2D eigenvalue weighted by Crippen LogP contribution is 2.20. The van der Waals surface area contributed by atoms with E-state index in [4.69, 9.17) is 0 Å². The number of carbonyl (C=O) groups is 1. The molecule has 0 saturated carbocycles. The summed E-state index contributed by atoms with van der Waals surface area (Å²) in [5.41, 5.74) is 2.19. The van der Waals surface area contributed by atoms with Crippen molar-refractivity contribution in [3.05, 3.63) is 42.1 Å². The summed E-state index contributed by atoms with van der Waals surface area (Å²) in [4.78, 5) is 15.9. The third-order valence-corrected chi connectivity index (χ3v) is 3.25. The molecule has 2 heteroatoms. The molecule has 0 fully saturated rings. The topological polar surface area (TPSA) is 30.0 Å². The first-order chi connectivity index (χ1) is 8.22. The maximum Gasteiger partial charge on any atom is 0.133 e. The maximum atomic E-state index is 11.5. The van der Waals surface area contributed by atoms with Gasteiger partial charge in [-0.05, 0) is 31.4 Å². The van der Waals surface area contributed by atoms with E-state index in [1.807, 2.05) is 12.1 Å². The van der Waals surface area contributed by atoms with Crippen molar-refractivity contribution in [2.75, 3.05) is 0 Å². The molecule has 0 aliphatic heterocycles. The highest BCUT2D eigenvalue weighted by atomic mass is 16.1. The summed E-state index contributed by atoms with van der Waals surface area (Å²) < 4.78 is 0. The van der Waals surface area contributed by atoms with Crippen LogP contribution in [0.3, 0.4) is 0 Å². The highest BCUT2D eigenvalue weighted by Gasteiger charge is 2.14. The van der Waals surface area contributed by atoms with Crippen LogP contribution in [0.4, 0.5) is 0 Å². The Hall–Kier alpha value is -1.70. The molecule has 0 aliphatic carbocycles. The number of aromatic nitrogens is 1. The number of pyridine rings is 1. The number of ketones is 1. The van der Waals surface area contributed by atoms with E-state index < -0.39 is 0 Å². The molecular weight excluding hydrogens is 210 g/mol. The molecule has 1 atom stereocenters. The van der Waals surface area contributed by atoms with E-state index in [-0.39, 0.29) is 11.7 Å². The van der Waals surface area contributed by atoms with Crippen LogP contribution >= 0.6 is 0 Å². The van der Waals surface area contributed by atoms with Crippen LogP contribution < -0.4 is 0 Å². The fraction of sp³-hybridized carbons (Fsp3) is 0.333. The van der Waals surface area contributed by atoms with Crippen LogP contribution in [-0.2, 0) is 11.2 Å². The van der Waals surface area contributed by atoms with Crippen molar-refractivity contribution < 1.29 is 4.79 Å². The monoisotopic (exact) mass is 227 g/mol. The lowest BCUT2D eigenvalue weighted by molar-refractivity contribution is -0.120. The fourth-order valence-corrected chi connectivity index (χ4v) is 2.17. The summed E-state index contributed by atoms with van der Waals surface area (Å²) in [7, 11) is 0. The van der Waals surface area contributed by atoms with Crippen LogP contribution in [0.1, 0.15) is 25.8 Å². The molecule has 0 bridgehead atoms. The minimum Gasteiger partial charge on any atom is -0.300 e. The van der Waals surface area contributed by atoms with E-state index in [1.165, 1.54) is 5.56 Å². The maximum absolute atomic E-state index is 11.5. The first-order valence-electron chi connectivity index (χ1n) is 6.05. The summed E-state index contributed by atoms with van der Waals surface area (Å²) in [6.45, 7) is 3.73. The van der Waals surface area contributed by atoms with Crippen LogP contribution in [0.2, 0.25) is 0 Å². The quantitative estimate of drug-likeness (QED) is 0.801. The summed E-state index contributed by atoms with van der Waals surface area (Å²) in [5, 5.41) is 1.14. The molecule has 17 heavy (non-hydrogen) atoms. The van der Waals surface area contributed by atoms with Crippen molar-refractivity contribution in [1.29, 1.82) is 0 Å². The van der Waals surface area contributed by atoms with Crippen molar-refractivity contribution >= 4 is 16.7 Å². The molecule has 0 amide bonds. The number of Topliss-reactive ketones (excluding diaryl/α,β-unsaturated/α-hetero) is 1. The van der Waals surface area contributed by atoms with Crippen molar-refractivity contribution in [2.24, 2.45) is 5.92 Å². The number of fused-ring (bicyclic) bond motifs is 1. The molecule has 2 nitrogen and oxygen atoms in total. The number of rotatable bonds is 4. The van der Waals surface area contributed by atoms with Gasteiger partial charge in [0.15, 0.2) is 0 Å². The van der Waals surface area contributed by atoms with Gasteiger partial charge in [0.2, 0.25) is 0 Å². The van der Waals surface area contributed by atoms with Crippen LogP contribution in [-0.4, -0.2) is 10.8 Å². The number of hydrogen-bond acceptors (Lipinski definition) is 2. The molecule has 0 aliphatic rings. The first kappa shape index (κ1) is 11.8. The van der Waals surface area contributed by atoms with E-state index in [9.17, 15) is 4.79 Å². The zero-order chi connectivity index (χ0) is 12.3. The predicted molar refractivity (Wildman–Crippen MR) is 69.9 cm³/mol. The number of carbonyl (C=O) groups excluding carboxylic acids is 1. The molecule has 1 aromatic carbocycles. The molecular formula is C15H17NO. The number of benzene rings is 1. The molecule has 0 saturated heterocycles. The Bertz CT molecular complexity index is 528. The molecule has 2 rings (SSSR count). The standard InChI is InChI=1S/C15H17NO/c1-3-12(11(2)17)10-14-7-4-6-13-8-5-9-16-15(13)14/h4-9,12H,3,10H2,1-2H3. The first-order valence-corrected chi connectivity index (χ1v) is 6.05. The van der Waals surface area contributed by atoms with Crippen LogP contribution in [0, 0.1) is 5.92 Å².